The highest BCUT2D eigenvalue weighted by molar-refractivity contribution is 9.09. The Morgan fingerprint density at radius 1 is 1.59 bits per heavy atom. The summed E-state index contributed by atoms with van der Waals surface area (Å²) in [6.07, 6.45) is 0. The van der Waals surface area contributed by atoms with E-state index in [1.165, 1.54) is 11.8 Å². The van der Waals surface area contributed by atoms with Crippen molar-refractivity contribution in [2.45, 2.75) is 12.2 Å². The first kappa shape index (κ1) is 12.6. The maximum absolute atomic E-state index is 12.0. The summed E-state index contributed by atoms with van der Waals surface area (Å²) in [5.74, 6) is -0.104. The van der Waals surface area contributed by atoms with E-state index in [4.69, 9.17) is 0 Å². The minimum Gasteiger partial charge on any atom is -0.320 e. The first-order valence-corrected chi connectivity index (χ1v) is 7.35. The van der Waals surface area contributed by atoms with Crippen LogP contribution in [-0.4, -0.2) is 28.1 Å². The topological polar surface area (TPSA) is 41.5 Å². The Kier molecular flexibility index (Phi) is 4.23. The van der Waals surface area contributed by atoms with Crippen LogP contribution >= 0.6 is 27.7 Å². The predicted octanol–water partition coefficient (Wildman–Crippen LogP) is 2.84. The van der Waals surface area contributed by atoms with E-state index in [0.29, 0.717) is 16.8 Å². The highest BCUT2D eigenvalue weighted by atomic mass is 79.9. The van der Waals surface area contributed by atoms with Gasteiger partial charge in [-0.3, -0.25) is 9.79 Å². The van der Waals surface area contributed by atoms with Gasteiger partial charge in [0, 0.05) is 16.3 Å². The number of aryl methyl sites for hydroxylation is 1. The van der Waals surface area contributed by atoms with E-state index < -0.39 is 0 Å². The number of anilines is 1. The number of thioether (sulfide) groups is 1. The third-order valence-electron chi connectivity index (χ3n) is 2.48. The number of nitrogens with zero attached hydrogens (tertiary/aromatic N) is 1. The van der Waals surface area contributed by atoms with Crippen molar-refractivity contribution in [3.05, 3.63) is 29.8 Å². The van der Waals surface area contributed by atoms with Crippen molar-refractivity contribution in [1.29, 1.82) is 0 Å². The molecule has 0 aromatic heterocycles. The summed E-state index contributed by atoms with van der Waals surface area (Å²) in [7, 11) is 0. The van der Waals surface area contributed by atoms with Crippen LogP contribution in [-0.2, 0) is 4.79 Å². The number of nitrogens with one attached hydrogen (secondary N) is 1. The Balaban J connectivity index is 2.01. The molecule has 1 atom stereocenters. The van der Waals surface area contributed by atoms with Crippen LogP contribution in [0.1, 0.15) is 5.56 Å². The van der Waals surface area contributed by atoms with E-state index in [9.17, 15) is 4.79 Å². The lowest BCUT2D eigenvalue weighted by Crippen LogP contribution is -2.20. The van der Waals surface area contributed by atoms with E-state index >= 15 is 0 Å². The lowest BCUT2D eigenvalue weighted by molar-refractivity contribution is -0.110. The minimum atomic E-state index is -0.104. The van der Waals surface area contributed by atoms with Crippen molar-refractivity contribution in [3.63, 3.8) is 0 Å². The monoisotopic (exact) mass is 312 g/mol. The van der Waals surface area contributed by atoms with E-state index in [1.807, 2.05) is 31.2 Å². The fourth-order valence-corrected chi connectivity index (χ4v) is 2.95. The number of carbonyl (C=O) groups is 1. The van der Waals surface area contributed by atoms with Gasteiger partial charge in [-0.25, -0.2) is 0 Å². The minimum absolute atomic E-state index is 0.104. The summed E-state index contributed by atoms with van der Waals surface area (Å²) in [5.41, 5.74) is 1.91. The highest BCUT2D eigenvalue weighted by Crippen LogP contribution is 2.24. The van der Waals surface area contributed by atoms with Gasteiger partial charge in [0.15, 0.2) is 5.04 Å². The van der Waals surface area contributed by atoms with Crippen molar-refractivity contribution in [3.8, 4) is 0 Å². The molecule has 1 heterocycles. The van der Waals surface area contributed by atoms with Crippen LogP contribution in [0, 0.1) is 6.92 Å². The summed E-state index contributed by atoms with van der Waals surface area (Å²) in [6.45, 7) is 2.69. The molecule has 5 heteroatoms. The Morgan fingerprint density at radius 3 is 3.00 bits per heavy atom. The van der Waals surface area contributed by atoms with Gasteiger partial charge in [0.2, 0.25) is 0 Å². The molecule has 0 radical (unpaired) electrons. The average Bonchev–Trinajstić information content (AvgIpc) is 2.81. The molecule has 1 aliphatic heterocycles. The van der Waals surface area contributed by atoms with Crippen LogP contribution < -0.4 is 5.32 Å². The smallest absolute Gasteiger partial charge is 0.280 e. The van der Waals surface area contributed by atoms with Crippen molar-refractivity contribution in [1.82, 2.24) is 0 Å². The predicted molar refractivity (Wildman–Crippen MR) is 77.3 cm³/mol. The van der Waals surface area contributed by atoms with Gasteiger partial charge in [0.1, 0.15) is 0 Å². The van der Waals surface area contributed by atoms with Crippen LogP contribution in [0.15, 0.2) is 29.3 Å². The lowest BCUT2D eigenvalue weighted by atomic mass is 10.2. The Bertz CT molecular complexity index is 462. The Hall–Kier alpha value is -0.810. The molecule has 0 aliphatic carbocycles. The molecule has 1 N–H and O–H groups in total. The van der Waals surface area contributed by atoms with Gasteiger partial charge in [-0.05, 0) is 18.6 Å². The molecule has 2 rings (SSSR count). The molecule has 1 aromatic rings. The number of carbonyl (C=O) groups excluding carboxylic acids is 1. The molecule has 1 unspecified atom stereocenters. The molecule has 0 saturated heterocycles. The maximum Gasteiger partial charge on any atom is 0.280 e. The van der Waals surface area contributed by atoms with Crippen molar-refractivity contribution in [2.75, 3.05) is 17.2 Å². The van der Waals surface area contributed by atoms with Gasteiger partial charge >= 0.3 is 0 Å². The molecule has 0 saturated carbocycles. The second-order valence-electron chi connectivity index (χ2n) is 3.81. The van der Waals surface area contributed by atoms with Crippen LogP contribution in [0.25, 0.3) is 0 Å². The summed E-state index contributed by atoms with van der Waals surface area (Å²) >= 11 is 4.94. The largest absolute Gasteiger partial charge is 0.320 e. The van der Waals surface area contributed by atoms with Gasteiger partial charge in [-0.1, -0.05) is 45.9 Å². The lowest BCUT2D eigenvalue weighted by Gasteiger charge is -2.07. The molecule has 17 heavy (non-hydrogen) atoms. The summed E-state index contributed by atoms with van der Waals surface area (Å²) in [6, 6.07) is 7.73. The van der Waals surface area contributed by atoms with Crippen LogP contribution in [0.2, 0.25) is 0 Å². The number of alkyl halides is 1. The molecule has 1 aromatic carbocycles. The van der Waals surface area contributed by atoms with Crippen molar-refractivity contribution < 1.29 is 4.79 Å². The van der Waals surface area contributed by atoms with E-state index in [1.54, 1.807) is 0 Å². The maximum atomic E-state index is 12.0. The molecule has 1 aliphatic rings. The number of para-hydroxylation sites is 1. The van der Waals surface area contributed by atoms with E-state index in [-0.39, 0.29) is 5.91 Å². The first-order chi connectivity index (χ1) is 8.20. The van der Waals surface area contributed by atoms with Gasteiger partial charge in [0.05, 0.1) is 6.54 Å². The molecule has 0 fully saturated rings. The zero-order chi connectivity index (χ0) is 12.3. The standard InChI is InChI=1S/C12H13BrN2OS/c1-8-4-2-3-5-10(8)15-11(16)12-14-7-9(6-13)17-12/h2-5,9H,6-7H2,1H3,(H,15,16). The fraction of sp³-hybridized carbons (Fsp3) is 0.333. The van der Waals surface area contributed by atoms with Crippen LogP contribution in [0.3, 0.4) is 0 Å². The Labute approximate surface area is 113 Å². The number of hydrogen-bond donors (Lipinski definition) is 1. The van der Waals surface area contributed by atoms with Gasteiger partial charge < -0.3 is 5.32 Å². The molecule has 90 valence electrons. The number of halogens is 1. The number of hydrogen-bond acceptors (Lipinski definition) is 3. The first-order valence-electron chi connectivity index (χ1n) is 5.34. The zero-order valence-electron chi connectivity index (χ0n) is 9.44. The number of benzene rings is 1. The third-order valence-corrected chi connectivity index (χ3v) is 4.87. The second-order valence-corrected chi connectivity index (χ2v) is 5.75. The SMILES string of the molecule is Cc1ccccc1NC(=O)C1=NCC(CBr)S1. The highest BCUT2D eigenvalue weighted by Gasteiger charge is 2.23. The molecule has 0 bridgehead atoms. The van der Waals surface area contributed by atoms with Crippen LogP contribution in [0.5, 0.6) is 0 Å². The molecule has 1 amide bonds. The number of aliphatic imine (C=N–C) groups is 1. The summed E-state index contributed by atoms with van der Waals surface area (Å²) < 4.78 is 0. The molecular weight excluding hydrogens is 300 g/mol. The number of amides is 1. The fourth-order valence-electron chi connectivity index (χ4n) is 1.51. The van der Waals surface area contributed by atoms with Gasteiger partial charge in [-0.15, -0.1) is 0 Å². The van der Waals surface area contributed by atoms with Crippen molar-refractivity contribution in [2.24, 2.45) is 4.99 Å². The van der Waals surface area contributed by atoms with Crippen LogP contribution in [0.4, 0.5) is 5.69 Å². The Morgan fingerprint density at radius 2 is 2.35 bits per heavy atom. The van der Waals surface area contributed by atoms with Gasteiger partial charge in [-0.2, -0.15) is 0 Å². The second kappa shape index (κ2) is 5.69. The average molecular weight is 313 g/mol. The quantitative estimate of drug-likeness (QED) is 0.872. The van der Waals surface area contributed by atoms with E-state index in [0.717, 1.165) is 16.6 Å². The van der Waals surface area contributed by atoms with E-state index in [2.05, 4.69) is 26.2 Å². The summed E-state index contributed by atoms with van der Waals surface area (Å²) in [4.78, 5) is 16.2. The number of rotatable bonds is 3. The molecule has 0 spiro atoms. The molecule has 3 nitrogen and oxygen atoms in total. The zero-order valence-corrected chi connectivity index (χ0v) is 11.8. The normalized spacial score (nSPS) is 18.9. The van der Waals surface area contributed by atoms with Gasteiger partial charge in [0.25, 0.3) is 5.91 Å². The molecular formula is C12H13BrN2OS. The third kappa shape index (κ3) is 3.10. The van der Waals surface area contributed by atoms with Crippen molar-refractivity contribution >= 4 is 44.3 Å². The summed E-state index contributed by atoms with van der Waals surface area (Å²) in [5, 5.41) is 4.72.